The van der Waals surface area contributed by atoms with E-state index >= 15 is 4.39 Å². The van der Waals surface area contributed by atoms with Crippen molar-refractivity contribution in [1.82, 2.24) is 19.2 Å². The van der Waals surface area contributed by atoms with Gasteiger partial charge < -0.3 is 23.7 Å². The van der Waals surface area contributed by atoms with Gasteiger partial charge in [-0.05, 0) is 88.6 Å². The number of carbonyl (C=O) groups is 1. The Balaban J connectivity index is 1.36. The number of methoxy groups -OCH3 is 1. The number of fused-ring (bicyclic) bond motifs is 2. The van der Waals surface area contributed by atoms with Crippen molar-refractivity contribution in [3.05, 3.63) is 58.4 Å². The van der Waals surface area contributed by atoms with Crippen molar-refractivity contribution >= 4 is 27.8 Å². The van der Waals surface area contributed by atoms with Gasteiger partial charge in [-0.1, -0.05) is 0 Å². The first kappa shape index (κ1) is 28.2. The fourth-order valence-corrected chi connectivity index (χ4v) is 6.36. The van der Waals surface area contributed by atoms with Gasteiger partial charge in [-0.25, -0.2) is 9.18 Å². The molecule has 2 aromatic carbocycles. The highest BCUT2D eigenvalue weighted by atomic mass is 19.1. The molecule has 1 unspecified atom stereocenters. The molecule has 222 valence electrons. The highest BCUT2D eigenvalue weighted by molar-refractivity contribution is 5.94. The Morgan fingerprint density at radius 3 is 2.64 bits per heavy atom. The Morgan fingerprint density at radius 2 is 1.95 bits per heavy atom. The van der Waals surface area contributed by atoms with Crippen LogP contribution >= 0.6 is 0 Å². The fourth-order valence-electron chi connectivity index (χ4n) is 6.36. The van der Waals surface area contributed by atoms with E-state index in [9.17, 15) is 9.59 Å². The molecule has 2 aromatic heterocycles. The molecule has 6 rings (SSSR count). The Bertz CT molecular complexity index is 1770. The van der Waals surface area contributed by atoms with E-state index in [0.717, 1.165) is 29.3 Å². The summed E-state index contributed by atoms with van der Waals surface area (Å²) in [6.45, 7) is 8.01. The molecule has 0 bridgehead atoms. The molecule has 1 saturated heterocycles. The van der Waals surface area contributed by atoms with Gasteiger partial charge in [0.25, 0.3) is 5.56 Å². The third-order valence-electron chi connectivity index (χ3n) is 8.42. The first-order valence-electron chi connectivity index (χ1n) is 14.3. The van der Waals surface area contributed by atoms with E-state index in [-0.39, 0.29) is 35.4 Å². The van der Waals surface area contributed by atoms with Crippen LogP contribution in [0.3, 0.4) is 0 Å². The summed E-state index contributed by atoms with van der Waals surface area (Å²) in [5.74, 6) is -0.0302. The van der Waals surface area contributed by atoms with Crippen molar-refractivity contribution < 1.29 is 23.4 Å². The van der Waals surface area contributed by atoms with Crippen LogP contribution in [-0.2, 0) is 16.5 Å². The number of nitrogens with zero attached hydrogens (tertiary/aromatic N) is 4. The van der Waals surface area contributed by atoms with Gasteiger partial charge >= 0.3 is 6.09 Å². The molecule has 2 fully saturated rings. The number of aromatic nitrogens is 3. The second-order valence-electron chi connectivity index (χ2n) is 12.6. The van der Waals surface area contributed by atoms with Crippen LogP contribution in [0.2, 0.25) is 0 Å². The van der Waals surface area contributed by atoms with Gasteiger partial charge in [0, 0.05) is 61.2 Å². The average molecular weight is 577 g/mol. The number of likely N-dealkylation sites (tertiary alicyclic amines) is 1. The van der Waals surface area contributed by atoms with Crippen LogP contribution in [0.4, 0.5) is 9.18 Å². The topological polar surface area (TPSA) is 87.8 Å². The van der Waals surface area contributed by atoms with Crippen molar-refractivity contribution in [3.63, 3.8) is 0 Å². The predicted molar refractivity (Wildman–Crippen MR) is 158 cm³/mol. The van der Waals surface area contributed by atoms with Crippen LogP contribution in [0.1, 0.15) is 58.1 Å². The zero-order valence-corrected chi connectivity index (χ0v) is 25.0. The standard InChI is InChI=1S/C32H37FN4O5/c1-19-27-22(17-35(5)34-27)14-24(28(19)41-18-40-6)21-13-20-7-11-36(29(38)26(20)25(33)15-21)23-8-12-37(32(16-23)9-10-32)30(39)42-31(2,3)4/h7,11,13-15,17,23H,8-10,12,16,18H2,1-6H3. The number of amides is 1. The summed E-state index contributed by atoms with van der Waals surface area (Å²) >= 11 is 0. The lowest BCUT2D eigenvalue weighted by Crippen LogP contribution is -2.50. The molecule has 0 N–H and O–H groups in total. The van der Waals surface area contributed by atoms with Crippen LogP contribution in [0, 0.1) is 12.7 Å². The summed E-state index contributed by atoms with van der Waals surface area (Å²) in [5.41, 5.74) is 1.67. The summed E-state index contributed by atoms with van der Waals surface area (Å²) in [4.78, 5) is 28.5. The lowest BCUT2D eigenvalue weighted by Gasteiger charge is -2.41. The lowest BCUT2D eigenvalue weighted by atomic mass is 9.94. The molecular weight excluding hydrogens is 539 g/mol. The second kappa shape index (κ2) is 10.1. The van der Waals surface area contributed by atoms with E-state index in [0.29, 0.717) is 41.6 Å². The molecule has 3 heterocycles. The molecule has 0 radical (unpaired) electrons. The van der Waals surface area contributed by atoms with E-state index in [4.69, 9.17) is 14.2 Å². The highest BCUT2D eigenvalue weighted by Crippen LogP contribution is 2.51. The molecule has 1 spiro atoms. The van der Waals surface area contributed by atoms with Crippen molar-refractivity contribution in [1.29, 1.82) is 0 Å². The van der Waals surface area contributed by atoms with E-state index in [1.54, 1.807) is 28.6 Å². The van der Waals surface area contributed by atoms with Gasteiger partial charge in [-0.2, -0.15) is 5.10 Å². The van der Waals surface area contributed by atoms with Crippen LogP contribution in [0.15, 0.2) is 41.5 Å². The molecule has 2 aliphatic rings. The molecule has 4 aromatic rings. The number of ether oxygens (including phenoxy) is 3. The molecule has 42 heavy (non-hydrogen) atoms. The predicted octanol–water partition coefficient (Wildman–Crippen LogP) is 6.09. The average Bonchev–Trinajstić information content (AvgIpc) is 3.56. The molecule has 9 nitrogen and oxygen atoms in total. The maximum Gasteiger partial charge on any atom is 0.410 e. The van der Waals surface area contributed by atoms with Gasteiger partial charge in [0.1, 0.15) is 17.2 Å². The van der Waals surface area contributed by atoms with Gasteiger partial charge in [0.15, 0.2) is 6.79 Å². The number of benzene rings is 2. The number of halogens is 1. The van der Waals surface area contributed by atoms with Crippen molar-refractivity contribution in [2.45, 2.75) is 70.6 Å². The fraction of sp³-hybridized carbons (Fsp3) is 0.469. The molecule has 1 saturated carbocycles. The maximum atomic E-state index is 15.9. The van der Waals surface area contributed by atoms with Gasteiger partial charge in [-0.3, -0.25) is 9.48 Å². The quantitative estimate of drug-likeness (QED) is 0.267. The highest BCUT2D eigenvalue weighted by Gasteiger charge is 2.54. The lowest BCUT2D eigenvalue weighted by molar-refractivity contribution is 0.000493. The Hall–Kier alpha value is -3.92. The third-order valence-corrected chi connectivity index (χ3v) is 8.42. The van der Waals surface area contributed by atoms with Crippen LogP contribution < -0.4 is 10.3 Å². The summed E-state index contributed by atoms with van der Waals surface area (Å²) in [7, 11) is 3.39. The summed E-state index contributed by atoms with van der Waals surface area (Å²) in [6.07, 6.45) is 6.34. The van der Waals surface area contributed by atoms with E-state index in [1.807, 2.05) is 58.0 Å². The van der Waals surface area contributed by atoms with Crippen LogP contribution in [0.5, 0.6) is 5.75 Å². The first-order chi connectivity index (χ1) is 19.9. The SMILES string of the molecule is COCOc1c(-c2cc(F)c3c(=O)n(C4CCN(C(=O)OC(C)(C)C)C5(CC5)C4)ccc3c2)cc2cn(C)nc2c1C. The van der Waals surface area contributed by atoms with Gasteiger partial charge in [0.05, 0.1) is 10.9 Å². The second-order valence-corrected chi connectivity index (χ2v) is 12.6. The molecule has 1 aliphatic heterocycles. The molecule has 1 aliphatic carbocycles. The number of piperidine rings is 1. The normalized spacial score (nSPS) is 18.2. The number of hydrogen-bond donors (Lipinski definition) is 0. The molecule has 1 atom stereocenters. The number of pyridine rings is 1. The summed E-state index contributed by atoms with van der Waals surface area (Å²) < 4.78 is 36.0. The largest absolute Gasteiger partial charge is 0.467 e. The van der Waals surface area contributed by atoms with Crippen LogP contribution in [0.25, 0.3) is 32.8 Å². The third kappa shape index (κ3) is 4.91. The van der Waals surface area contributed by atoms with Crippen molar-refractivity contribution in [3.8, 4) is 16.9 Å². The Labute approximate surface area is 243 Å². The Kier molecular flexibility index (Phi) is 6.79. The number of hydrogen-bond acceptors (Lipinski definition) is 6. The van der Waals surface area contributed by atoms with E-state index in [1.165, 1.54) is 6.07 Å². The summed E-state index contributed by atoms with van der Waals surface area (Å²) in [5, 5.41) is 6.01. The number of carbonyl (C=O) groups excluding carboxylic acids is 1. The van der Waals surface area contributed by atoms with Gasteiger partial charge in [-0.15, -0.1) is 0 Å². The zero-order chi connectivity index (χ0) is 30.0. The van der Waals surface area contributed by atoms with Crippen LogP contribution in [-0.4, -0.2) is 56.9 Å². The summed E-state index contributed by atoms with van der Waals surface area (Å²) in [6, 6.07) is 6.82. The smallest absolute Gasteiger partial charge is 0.410 e. The van der Waals surface area contributed by atoms with Crippen molar-refractivity contribution in [2.24, 2.45) is 7.05 Å². The van der Waals surface area contributed by atoms with E-state index in [2.05, 4.69) is 5.10 Å². The maximum absolute atomic E-state index is 15.9. The monoisotopic (exact) mass is 576 g/mol. The molecule has 10 heteroatoms. The Morgan fingerprint density at radius 1 is 1.19 bits per heavy atom. The number of aryl methyl sites for hydroxylation is 2. The van der Waals surface area contributed by atoms with Crippen molar-refractivity contribution in [2.75, 3.05) is 20.4 Å². The zero-order valence-electron chi connectivity index (χ0n) is 25.0. The minimum atomic E-state index is -0.587. The minimum Gasteiger partial charge on any atom is -0.467 e. The molecular formula is C32H37FN4O5. The molecule has 1 amide bonds. The minimum absolute atomic E-state index is 0.0290. The van der Waals surface area contributed by atoms with E-state index < -0.39 is 11.4 Å². The number of rotatable bonds is 5. The first-order valence-corrected chi connectivity index (χ1v) is 14.3. The van der Waals surface area contributed by atoms with Gasteiger partial charge in [0.2, 0.25) is 0 Å².